The number of piperidine rings is 1. The number of amides is 3. The average molecular weight is 313 g/mol. The quantitative estimate of drug-likeness (QED) is 0.334. The Morgan fingerprint density at radius 2 is 2.04 bits per heavy atom. The van der Waals surface area contributed by atoms with Crippen molar-refractivity contribution in [2.45, 2.75) is 24.9 Å². The van der Waals surface area contributed by atoms with Crippen LogP contribution in [-0.2, 0) is 0 Å². The number of amidine groups is 1. The van der Waals surface area contributed by atoms with Gasteiger partial charge in [0.2, 0.25) is 0 Å². The van der Waals surface area contributed by atoms with Gasteiger partial charge in [0.05, 0.1) is 18.7 Å². The molecule has 2 heterocycles. The Morgan fingerprint density at radius 1 is 1.35 bits per heavy atom. The molecule has 8 heteroatoms. The second-order valence-corrected chi connectivity index (χ2v) is 5.55. The molecule has 2 atom stereocenters. The molecule has 8 nitrogen and oxygen atoms in total. The summed E-state index contributed by atoms with van der Waals surface area (Å²) in [5, 5.41) is 20.9. The molecule has 23 heavy (non-hydrogen) atoms. The Balaban J connectivity index is 1.68. The fraction of sp³-hybridized carbons (Fsp3) is 0.333. The zero-order chi connectivity index (χ0) is 16.6. The number of fused-ring (bicyclic) bond motifs is 2. The molecule has 1 aromatic rings. The van der Waals surface area contributed by atoms with Gasteiger partial charge in [-0.3, -0.25) is 15.4 Å². The van der Waals surface area contributed by atoms with E-state index >= 15 is 0 Å². The molecule has 3 amide bonds. The minimum Gasteiger partial charge on any atom is -0.311 e. The van der Waals surface area contributed by atoms with Gasteiger partial charge in [-0.1, -0.05) is 24.3 Å². The van der Waals surface area contributed by atoms with E-state index in [-0.39, 0.29) is 11.9 Å². The van der Waals surface area contributed by atoms with Crippen molar-refractivity contribution in [2.75, 3.05) is 6.54 Å². The first-order chi connectivity index (χ1) is 11.0. The van der Waals surface area contributed by atoms with E-state index in [1.807, 2.05) is 0 Å². The lowest BCUT2D eigenvalue weighted by atomic mass is 10.00. The van der Waals surface area contributed by atoms with Gasteiger partial charge in [0.15, 0.2) is 5.69 Å². The number of nitrogens with zero attached hydrogens (tertiary/aromatic N) is 3. The summed E-state index contributed by atoms with van der Waals surface area (Å²) in [7, 11) is 0. The van der Waals surface area contributed by atoms with Gasteiger partial charge in [0, 0.05) is 12.1 Å². The number of carbonyl (C=O) groups excluding carboxylic acids is 2. The van der Waals surface area contributed by atoms with Crippen molar-refractivity contribution in [3.05, 3.63) is 41.2 Å². The molecular formula is C15H15N5O3. The fourth-order valence-electron chi connectivity index (χ4n) is 2.92. The lowest BCUT2D eigenvalue weighted by Gasteiger charge is -2.30. The molecule has 2 bridgehead atoms. The molecule has 2 fully saturated rings. The standard InChI is InChI=1S/C15H15N5O3/c1-17-10-4-2-9(3-5-10)14(21)18-13(16)12-7-6-11-8-19(12)15(22)20(11)23/h2-5,11-12,23H,6-8H2,(H2,16,18,21)/t11-,12+/m1/s1. The van der Waals surface area contributed by atoms with Gasteiger partial charge in [-0.2, -0.15) is 0 Å². The van der Waals surface area contributed by atoms with Crippen LogP contribution in [0.4, 0.5) is 10.5 Å². The molecule has 118 valence electrons. The van der Waals surface area contributed by atoms with Crippen molar-refractivity contribution in [1.82, 2.24) is 15.3 Å². The summed E-state index contributed by atoms with van der Waals surface area (Å²) in [5.74, 6) is -0.521. The SMILES string of the molecule is [C-]#[N+]c1ccc(C(=O)NC(=N)[C@@H]2CC[C@@H]3CN2C(=O)N3O)cc1. The first-order valence-corrected chi connectivity index (χ1v) is 7.17. The van der Waals surface area contributed by atoms with Crippen LogP contribution in [-0.4, -0.2) is 51.6 Å². The lowest BCUT2D eigenvalue weighted by molar-refractivity contribution is -0.0583. The number of hydroxylamine groups is 2. The summed E-state index contributed by atoms with van der Waals surface area (Å²) < 4.78 is 0. The van der Waals surface area contributed by atoms with E-state index < -0.39 is 18.0 Å². The van der Waals surface area contributed by atoms with Gasteiger partial charge in [-0.25, -0.2) is 14.7 Å². The predicted octanol–water partition coefficient (Wildman–Crippen LogP) is 1.60. The molecule has 0 spiro atoms. The van der Waals surface area contributed by atoms with E-state index in [0.29, 0.717) is 35.7 Å². The van der Waals surface area contributed by atoms with Gasteiger partial charge in [0.25, 0.3) is 5.91 Å². The van der Waals surface area contributed by atoms with E-state index in [1.54, 1.807) is 0 Å². The van der Waals surface area contributed by atoms with Crippen molar-refractivity contribution in [1.29, 1.82) is 5.41 Å². The summed E-state index contributed by atoms with van der Waals surface area (Å²) in [5.41, 5.74) is 0.771. The first-order valence-electron chi connectivity index (χ1n) is 7.17. The average Bonchev–Trinajstić information content (AvgIpc) is 2.79. The number of urea groups is 1. The zero-order valence-electron chi connectivity index (χ0n) is 12.2. The molecule has 1 aromatic carbocycles. The summed E-state index contributed by atoms with van der Waals surface area (Å²) >= 11 is 0. The Labute approximate surface area is 132 Å². The number of benzene rings is 1. The van der Waals surface area contributed by atoms with Crippen molar-refractivity contribution < 1.29 is 14.8 Å². The lowest BCUT2D eigenvalue weighted by Crippen LogP contribution is -2.50. The van der Waals surface area contributed by atoms with Crippen molar-refractivity contribution >= 4 is 23.5 Å². The van der Waals surface area contributed by atoms with Crippen LogP contribution in [0.25, 0.3) is 4.85 Å². The second-order valence-electron chi connectivity index (χ2n) is 5.55. The number of rotatable bonds is 2. The van der Waals surface area contributed by atoms with Gasteiger partial charge in [-0.05, 0) is 12.8 Å². The van der Waals surface area contributed by atoms with Crippen LogP contribution in [0.2, 0.25) is 0 Å². The highest BCUT2D eigenvalue weighted by Crippen LogP contribution is 2.28. The minimum atomic E-state index is -0.539. The number of carbonyl (C=O) groups is 2. The van der Waals surface area contributed by atoms with Gasteiger partial charge >= 0.3 is 6.03 Å². The van der Waals surface area contributed by atoms with Crippen LogP contribution in [0.5, 0.6) is 0 Å². The molecule has 0 aliphatic carbocycles. The monoisotopic (exact) mass is 313 g/mol. The summed E-state index contributed by atoms with van der Waals surface area (Å²) in [6.45, 7) is 7.24. The Hall–Kier alpha value is -2.92. The maximum atomic E-state index is 12.2. The van der Waals surface area contributed by atoms with Crippen LogP contribution in [0.3, 0.4) is 0 Å². The second kappa shape index (κ2) is 5.70. The zero-order valence-corrected chi connectivity index (χ0v) is 12.2. The Kier molecular flexibility index (Phi) is 3.72. The van der Waals surface area contributed by atoms with E-state index in [4.69, 9.17) is 12.0 Å². The molecular weight excluding hydrogens is 298 g/mol. The van der Waals surface area contributed by atoms with Crippen LogP contribution in [0, 0.1) is 12.0 Å². The van der Waals surface area contributed by atoms with E-state index in [2.05, 4.69) is 10.2 Å². The van der Waals surface area contributed by atoms with Gasteiger partial charge < -0.3 is 10.2 Å². The third kappa shape index (κ3) is 2.62. The maximum Gasteiger partial charge on any atom is 0.344 e. The number of hydrogen-bond donors (Lipinski definition) is 3. The molecule has 3 rings (SSSR count). The smallest absolute Gasteiger partial charge is 0.311 e. The van der Waals surface area contributed by atoms with Gasteiger partial charge in [-0.15, -0.1) is 0 Å². The van der Waals surface area contributed by atoms with Crippen LogP contribution < -0.4 is 5.32 Å². The van der Waals surface area contributed by atoms with Crippen LogP contribution in [0.15, 0.2) is 24.3 Å². The highest BCUT2D eigenvalue weighted by molar-refractivity contribution is 6.07. The van der Waals surface area contributed by atoms with Gasteiger partial charge in [0.1, 0.15) is 5.84 Å². The first kappa shape index (κ1) is 15.0. The largest absolute Gasteiger partial charge is 0.344 e. The molecule has 0 radical (unpaired) electrons. The van der Waals surface area contributed by atoms with Crippen molar-refractivity contribution in [3.8, 4) is 0 Å². The van der Waals surface area contributed by atoms with Crippen molar-refractivity contribution in [3.63, 3.8) is 0 Å². The fourth-order valence-corrected chi connectivity index (χ4v) is 2.92. The van der Waals surface area contributed by atoms with Crippen LogP contribution in [0.1, 0.15) is 23.2 Å². The normalized spacial score (nSPS) is 22.7. The molecule has 0 unspecified atom stereocenters. The number of hydrogen-bond acceptors (Lipinski definition) is 4. The van der Waals surface area contributed by atoms with E-state index in [1.165, 1.54) is 29.2 Å². The Bertz CT molecular complexity index is 709. The topological polar surface area (TPSA) is 101 Å². The maximum absolute atomic E-state index is 12.2. The predicted molar refractivity (Wildman–Crippen MR) is 80.4 cm³/mol. The molecule has 3 N–H and O–H groups in total. The van der Waals surface area contributed by atoms with E-state index in [9.17, 15) is 14.8 Å². The van der Waals surface area contributed by atoms with Crippen LogP contribution >= 0.6 is 0 Å². The summed E-state index contributed by atoms with van der Waals surface area (Å²) in [4.78, 5) is 28.7. The summed E-state index contributed by atoms with van der Waals surface area (Å²) in [6.07, 6.45) is 1.10. The molecule has 0 saturated carbocycles. The highest BCUT2D eigenvalue weighted by Gasteiger charge is 2.45. The molecule has 2 saturated heterocycles. The highest BCUT2D eigenvalue weighted by atomic mass is 16.5. The van der Waals surface area contributed by atoms with E-state index in [0.717, 1.165) is 0 Å². The Morgan fingerprint density at radius 3 is 2.70 bits per heavy atom. The summed E-state index contributed by atoms with van der Waals surface area (Å²) in [6, 6.07) is 4.80. The number of nitrogens with one attached hydrogen (secondary N) is 2. The third-order valence-electron chi connectivity index (χ3n) is 4.18. The third-order valence-corrected chi connectivity index (χ3v) is 4.18. The minimum absolute atomic E-state index is 0.0636. The molecule has 0 aromatic heterocycles. The molecule has 2 aliphatic heterocycles. The molecule has 2 aliphatic rings. The van der Waals surface area contributed by atoms with Crippen molar-refractivity contribution in [2.24, 2.45) is 0 Å².